The minimum absolute atomic E-state index is 0.0453. The van der Waals surface area contributed by atoms with E-state index in [0.29, 0.717) is 41.6 Å². The van der Waals surface area contributed by atoms with Gasteiger partial charge in [-0.05, 0) is 103 Å². The van der Waals surface area contributed by atoms with Crippen molar-refractivity contribution in [3.8, 4) is 17.6 Å². The number of ketones is 2. The number of carboxylic acid groups (broad SMARTS) is 1. The van der Waals surface area contributed by atoms with Crippen LogP contribution in [0, 0.1) is 40.4 Å². The van der Waals surface area contributed by atoms with Crippen LogP contribution in [0.3, 0.4) is 0 Å². The number of benzene rings is 4. The molecule has 5 aliphatic carbocycles. The number of allylic oxidation sites excluding steroid dienone is 4. The smallest absolute Gasteiger partial charge is 0.407 e. The second kappa shape index (κ2) is 25.2. The maximum atomic E-state index is 14.9. The van der Waals surface area contributed by atoms with Gasteiger partial charge in [0.15, 0.2) is 29.6 Å². The van der Waals surface area contributed by atoms with Crippen LogP contribution in [0.5, 0.6) is 5.75 Å². The number of carboxylic acids is 1. The molecule has 0 aromatic heterocycles. The van der Waals surface area contributed by atoms with Crippen molar-refractivity contribution in [2.45, 2.75) is 157 Å². The van der Waals surface area contributed by atoms with E-state index < -0.39 is 133 Å². The molecule has 4 saturated carbocycles. The number of nitrogens with zero attached hydrogens (tertiary/aromatic N) is 1. The summed E-state index contributed by atoms with van der Waals surface area (Å²) < 4.78 is 59.8. The third kappa shape index (κ3) is 12.3. The summed E-state index contributed by atoms with van der Waals surface area (Å²) in [5.41, 5.74) is 0.329. The fraction of sp³-hybridized carbons (Fsp3) is 0.464. The van der Waals surface area contributed by atoms with E-state index in [1.165, 1.54) is 18.2 Å². The Labute approximate surface area is 533 Å². The summed E-state index contributed by atoms with van der Waals surface area (Å²) in [6, 6.07) is 25.2. The number of nitrogens with one attached hydrogen (secondary N) is 3. The molecule has 4 aromatic rings. The SMILES string of the molecule is C[C@]12C=CC(=O)C=C1CC[C@@H]1[C@@H]2[C@@H](O)C[C@@]2(C)[C@H]1C[C@H]1O[C@@H](c3ccc(CC4(NC(=O)OCc5ccc(O[C@@H]6O[C@H](C(=O)O)[C@@H](O)[C@H](O)[C@H]6O)c(NC(=O)CCNC(=O)CCC(=O)N6Cc7ccccc7C#Cc7ccccc76)c5)CC(F)(F)C4)cc3)O[C@]12C(=O)CO. The molecule has 4 amide bonds. The first-order valence-corrected chi connectivity index (χ1v) is 31.1. The number of hydrogen-bond acceptors (Lipinski definition) is 17. The van der Waals surface area contributed by atoms with Crippen LogP contribution in [-0.4, -0.2) is 145 Å². The molecule has 14 atom stereocenters. The molecule has 0 spiro atoms. The van der Waals surface area contributed by atoms with Gasteiger partial charge in [-0.2, -0.15) is 0 Å². The highest BCUT2D eigenvalue weighted by molar-refractivity contribution is 6.01. The second-order valence-corrected chi connectivity index (χ2v) is 26.2. The summed E-state index contributed by atoms with van der Waals surface area (Å²) in [6.07, 6.45) is -9.01. The van der Waals surface area contributed by atoms with Gasteiger partial charge in [0.25, 0.3) is 5.92 Å². The molecule has 0 radical (unpaired) electrons. The third-order valence-electron chi connectivity index (χ3n) is 20.3. The standard InChI is InChI=1S/C69H72F2N4O18/c1-65-25-23-44(77)28-43(65)18-19-45-46-29-52-69(51(79)33-76,66(46,2)31-49(78)56(45)65)93-62(91-52)41-14-11-37(12-15-41)30-67(35-68(70,71)36-67)74-64(88)89-34-38-13-20-50(90-63-59(85)57(83)58(84)60(92-63)61(86)87)47(27-38)73-54(81)24-26-72-53(80)21-22-55(82)75-32-42-9-4-3-7-39(42)16-17-40-8-5-6-10-48(40)75/h3-15,20,23,25,27-28,45-46,49,52,56-60,62-63,76,78,83-85H,18-19,21-22,24,26,29-36H2,1-2H3,(H,72,80)(H,73,81)(H,74,88)(H,86,87)/t45-,46-,49-,52+,56+,57-,58-,59+,60-,62+,63+,65-,66-,69+/m0/s1. The summed E-state index contributed by atoms with van der Waals surface area (Å²) in [5, 5.41) is 71.6. The van der Waals surface area contributed by atoms with Crippen molar-refractivity contribution in [2.75, 3.05) is 23.4 Å². The number of alkyl halides is 2. The van der Waals surface area contributed by atoms with Crippen molar-refractivity contribution in [3.05, 3.63) is 148 Å². The molecule has 490 valence electrons. The zero-order valence-corrected chi connectivity index (χ0v) is 50.9. The molecule has 0 unspecified atom stereocenters. The maximum Gasteiger partial charge on any atom is 0.407 e. The average Bonchev–Trinajstić information content (AvgIpc) is 1.52. The van der Waals surface area contributed by atoms with Crippen molar-refractivity contribution in [1.82, 2.24) is 10.6 Å². The monoisotopic (exact) mass is 1280 g/mol. The van der Waals surface area contributed by atoms with E-state index >= 15 is 0 Å². The van der Waals surface area contributed by atoms with Crippen LogP contribution in [0.4, 0.5) is 25.0 Å². The molecule has 2 saturated heterocycles. The topological polar surface area (TPSA) is 326 Å². The van der Waals surface area contributed by atoms with Gasteiger partial charge < -0.3 is 75.2 Å². The Morgan fingerprint density at radius 3 is 2.29 bits per heavy atom. The molecular formula is C69H72F2N4O18. The fourth-order valence-electron chi connectivity index (χ4n) is 15.9. The number of aliphatic hydroxyl groups excluding tert-OH is 5. The first kappa shape index (κ1) is 64.8. The van der Waals surface area contributed by atoms with Gasteiger partial charge in [0.1, 0.15) is 37.3 Å². The Kier molecular flexibility index (Phi) is 17.6. The van der Waals surface area contributed by atoms with Crippen LogP contribution in [0.2, 0.25) is 0 Å². The molecule has 4 aromatic carbocycles. The van der Waals surface area contributed by atoms with Gasteiger partial charge in [-0.1, -0.05) is 98.0 Å². The van der Waals surface area contributed by atoms with E-state index in [1.807, 2.05) is 43.3 Å². The zero-order valence-electron chi connectivity index (χ0n) is 50.9. The van der Waals surface area contributed by atoms with E-state index in [4.69, 9.17) is 23.7 Å². The number of anilines is 2. The van der Waals surface area contributed by atoms with Crippen LogP contribution >= 0.6 is 0 Å². The molecule has 3 heterocycles. The summed E-state index contributed by atoms with van der Waals surface area (Å²) in [4.78, 5) is 94.0. The van der Waals surface area contributed by atoms with Crippen LogP contribution in [0.25, 0.3) is 0 Å². The molecule has 8 aliphatic rings. The second-order valence-electron chi connectivity index (χ2n) is 26.2. The molecule has 9 N–H and O–H groups in total. The Balaban J connectivity index is 0.683. The molecular weight excluding hydrogens is 1210 g/mol. The largest absolute Gasteiger partial charge is 0.479 e. The Bertz CT molecular complexity index is 3780. The molecule has 12 rings (SSSR count). The Morgan fingerprint density at radius 1 is 0.828 bits per heavy atom. The molecule has 0 bridgehead atoms. The van der Waals surface area contributed by atoms with Crippen LogP contribution in [-0.2, 0) is 67.3 Å². The molecule has 22 nitrogen and oxygen atoms in total. The lowest BCUT2D eigenvalue weighted by atomic mass is 9.46. The minimum Gasteiger partial charge on any atom is -0.479 e. The zero-order chi connectivity index (χ0) is 65.9. The number of rotatable bonds is 18. The number of Topliss-reactive ketones (excluding diaryl/α,β-unsaturated/α-hetero) is 1. The lowest BCUT2D eigenvalue weighted by molar-refractivity contribution is -0.271. The van der Waals surface area contributed by atoms with Crippen molar-refractivity contribution >= 4 is 52.7 Å². The Hall–Kier alpha value is -8.25. The van der Waals surface area contributed by atoms with Gasteiger partial charge in [-0.25, -0.2) is 18.4 Å². The predicted octanol–water partition coefficient (Wildman–Crippen LogP) is 5.37. The third-order valence-corrected chi connectivity index (χ3v) is 20.3. The van der Waals surface area contributed by atoms with Gasteiger partial charge in [0, 0.05) is 72.1 Å². The van der Waals surface area contributed by atoms with E-state index in [2.05, 4.69) is 34.7 Å². The number of ether oxygens (including phenoxy) is 5. The van der Waals surface area contributed by atoms with E-state index in [-0.39, 0.29) is 91.6 Å². The highest BCUT2D eigenvalue weighted by Crippen LogP contribution is 2.70. The number of alkyl carbamates (subject to hydrolysis) is 1. The normalized spacial score (nSPS) is 31.5. The van der Waals surface area contributed by atoms with E-state index in [9.17, 15) is 73.0 Å². The van der Waals surface area contributed by atoms with E-state index in [0.717, 1.165) is 16.7 Å². The first-order valence-electron chi connectivity index (χ1n) is 31.1. The summed E-state index contributed by atoms with van der Waals surface area (Å²) >= 11 is 0. The molecule has 6 fully saturated rings. The van der Waals surface area contributed by atoms with Crippen LogP contribution < -0.4 is 25.6 Å². The molecule has 93 heavy (non-hydrogen) atoms. The average molecular weight is 1280 g/mol. The number of aliphatic carboxylic acids is 1. The van der Waals surface area contributed by atoms with Crippen molar-refractivity contribution in [2.24, 2.45) is 28.6 Å². The maximum absolute atomic E-state index is 14.9. The number of carbonyl (C=O) groups excluding carboxylic acids is 6. The van der Waals surface area contributed by atoms with Crippen LogP contribution in [0.15, 0.2) is 115 Å². The van der Waals surface area contributed by atoms with Crippen molar-refractivity contribution in [1.29, 1.82) is 0 Å². The number of fused-ring (bicyclic) bond motifs is 9. The van der Waals surface area contributed by atoms with Gasteiger partial charge in [-0.15, -0.1) is 0 Å². The lowest BCUT2D eigenvalue weighted by Gasteiger charge is -2.59. The van der Waals surface area contributed by atoms with Gasteiger partial charge in [0.05, 0.1) is 35.7 Å². The quantitative estimate of drug-likeness (QED) is 0.0566. The molecule has 3 aliphatic heterocycles. The van der Waals surface area contributed by atoms with Crippen LogP contribution in [0.1, 0.15) is 111 Å². The van der Waals surface area contributed by atoms with Gasteiger partial charge >= 0.3 is 12.1 Å². The molecule has 24 heteroatoms. The fourth-order valence-corrected chi connectivity index (χ4v) is 15.9. The van der Waals surface area contributed by atoms with Crippen molar-refractivity contribution in [3.63, 3.8) is 0 Å². The number of para-hydroxylation sites is 1. The number of carbonyl (C=O) groups is 7. The number of halogens is 2. The number of aliphatic hydroxyl groups is 5. The van der Waals surface area contributed by atoms with E-state index in [1.54, 1.807) is 59.5 Å². The summed E-state index contributed by atoms with van der Waals surface area (Å²) in [7, 11) is 0. The lowest BCUT2D eigenvalue weighted by Crippen LogP contribution is -2.63. The summed E-state index contributed by atoms with van der Waals surface area (Å²) in [6.45, 7) is 2.67. The number of amides is 4. The van der Waals surface area contributed by atoms with Gasteiger partial charge in [-0.3, -0.25) is 24.0 Å². The summed E-state index contributed by atoms with van der Waals surface area (Å²) in [5.74, 6) is -1.39. The predicted molar refractivity (Wildman–Crippen MR) is 324 cm³/mol. The Morgan fingerprint density at radius 2 is 1.55 bits per heavy atom. The number of hydrogen-bond donors (Lipinski definition) is 9. The highest BCUT2D eigenvalue weighted by atomic mass is 19.3. The highest BCUT2D eigenvalue weighted by Gasteiger charge is 2.76. The van der Waals surface area contributed by atoms with Gasteiger partial charge in [0.2, 0.25) is 24.0 Å². The first-order chi connectivity index (χ1) is 44.3. The minimum atomic E-state index is -3.13. The van der Waals surface area contributed by atoms with Crippen molar-refractivity contribution < 1.29 is 96.7 Å².